The van der Waals surface area contributed by atoms with Gasteiger partial charge in [-0.2, -0.15) is 0 Å². The Morgan fingerprint density at radius 3 is 2.40 bits per heavy atom. The van der Waals surface area contributed by atoms with Crippen molar-refractivity contribution >= 4 is 52.6 Å². The molecular formula is C22H27Cl3N2O8. The molecule has 0 bridgehead atoms. The molecule has 1 aromatic rings. The topological polar surface area (TPSA) is 139 Å². The molecule has 2 aliphatic heterocycles. The molecule has 194 valence electrons. The van der Waals surface area contributed by atoms with E-state index in [-0.39, 0.29) is 6.61 Å². The van der Waals surface area contributed by atoms with Crippen molar-refractivity contribution in [3.8, 4) is 0 Å². The first kappa shape index (κ1) is 27.9. The van der Waals surface area contributed by atoms with Crippen molar-refractivity contribution in [2.45, 2.75) is 73.6 Å². The first-order chi connectivity index (χ1) is 16.6. The Morgan fingerprint density at radius 1 is 1.11 bits per heavy atom. The van der Waals surface area contributed by atoms with Gasteiger partial charge in [0.2, 0.25) is 18.1 Å². The van der Waals surface area contributed by atoms with E-state index < -0.39 is 58.6 Å². The summed E-state index contributed by atoms with van der Waals surface area (Å²) >= 11 is 17.2. The summed E-state index contributed by atoms with van der Waals surface area (Å²) in [5, 5.41) is 7.93. The van der Waals surface area contributed by atoms with Crippen LogP contribution in [0.25, 0.3) is 0 Å². The van der Waals surface area contributed by atoms with Crippen LogP contribution in [-0.2, 0) is 44.6 Å². The lowest BCUT2D eigenvalue weighted by molar-refractivity contribution is -0.316. The van der Waals surface area contributed by atoms with Gasteiger partial charge in [-0.3, -0.25) is 15.0 Å². The van der Waals surface area contributed by atoms with Crippen LogP contribution in [0.4, 0.5) is 0 Å². The van der Waals surface area contributed by atoms with Gasteiger partial charge in [0.15, 0.2) is 18.5 Å². The van der Waals surface area contributed by atoms with E-state index in [1.807, 2.05) is 30.3 Å². The van der Waals surface area contributed by atoms with Crippen molar-refractivity contribution in [2.75, 3.05) is 6.61 Å². The molecule has 0 aromatic heterocycles. The summed E-state index contributed by atoms with van der Waals surface area (Å²) in [7, 11) is 0. The van der Waals surface area contributed by atoms with Crippen molar-refractivity contribution < 1.29 is 38.0 Å². The highest BCUT2D eigenvalue weighted by Gasteiger charge is 2.54. The fourth-order valence-corrected chi connectivity index (χ4v) is 3.87. The third kappa shape index (κ3) is 7.91. The van der Waals surface area contributed by atoms with Gasteiger partial charge in [-0.25, -0.2) is 0 Å². The monoisotopic (exact) mass is 552 g/mol. The molecule has 3 N–H and O–H groups in total. The Balaban J connectivity index is 1.95. The summed E-state index contributed by atoms with van der Waals surface area (Å²) in [6.07, 6.45) is -4.90. The molecule has 13 heteroatoms. The van der Waals surface area contributed by atoms with Gasteiger partial charge >= 0.3 is 5.97 Å². The number of primary amides is 1. The molecule has 35 heavy (non-hydrogen) atoms. The highest BCUT2D eigenvalue weighted by atomic mass is 35.6. The second-order valence-electron chi connectivity index (χ2n) is 8.00. The molecule has 2 saturated heterocycles. The van der Waals surface area contributed by atoms with Crippen LogP contribution in [0.15, 0.2) is 30.3 Å². The number of hydrogen-bond acceptors (Lipinski definition) is 9. The Labute approximate surface area is 217 Å². The highest BCUT2D eigenvalue weighted by molar-refractivity contribution is 6.76. The van der Waals surface area contributed by atoms with Crippen molar-refractivity contribution in [2.24, 2.45) is 5.73 Å². The predicted molar refractivity (Wildman–Crippen MR) is 126 cm³/mol. The number of rotatable bonds is 8. The van der Waals surface area contributed by atoms with Crippen LogP contribution in [0.2, 0.25) is 0 Å². The van der Waals surface area contributed by atoms with E-state index in [1.54, 1.807) is 0 Å². The zero-order chi connectivity index (χ0) is 25.6. The Bertz CT molecular complexity index is 879. The number of alkyl halides is 3. The van der Waals surface area contributed by atoms with Gasteiger partial charge in [-0.15, -0.1) is 0 Å². The molecule has 6 atom stereocenters. The first-order valence-corrected chi connectivity index (χ1v) is 12.1. The number of nitrogens with one attached hydrogen (secondary N) is 1. The number of esters is 1. The fourth-order valence-electron chi connectivity index (χ4n) is 3.73. The maximum absolute atomic E-state index is 12.4. The van der Waals surface area contributed by atoms with Gasteiger partial charge in [0.05, 0.1) is 6.61 Å². The molecule has 2 aliphatic rings. The van der Waals surface area contributed by atoms with E-state index >= 15 is 0 Å². The number of benzene rings is 1. The zero-order valence-corrected chi connectivity index (χ0v) is 21.1. The van der Waals surface area contributed by atoms with E-state index in [0.717, 1.165) is 18.4 Å². The second-order valence-corrected chi connectivity index (χ2v) is 10.3. The fraction of sp³-hybridized carbons (Fsp3) is 0.591. The quantitative estimate of drug-likeness (QED) is 0.217. The smallest absolute Gasteiger partial charge is 0.303 e. The van der Waals surface area contributed by atoms with Gasteiger partial charge in [0.25, 0.3) is 3.79 Å². The Morgan fingerprint density at radius 2 is 1.83 bits per heavy atom. The number of nitrogens with two attached hydrogens (primary N) is 1. The zero-order valence-electron chi connectivity index (χ0n) is 18.9. The van der Waals surface area contributed by atoms with Gasteiger partial charge < -0.3 is 34.2 Å². The van der Waals surface area contributed by atoms with Crippen LogP contribution in [0, 0.1) is 5.41 Å². The van der Waals surface area contributed by atoms with Crippen LogP contribution in [0.5, 0.6) is 0 Å². The van der Waals surface area contributed by atoms with Gasteiger partial charge in [-0.05, 0) is 24.8 Å². The van der Waals surface area contributed by atoms with E-state index in [4.69, 9.17) is 74.4 Å². The molecule has 10 nitrogen and oxygen atoms in total. The Hall–Kier alpha value is -1.66. The summed E-state index contributed by atoms with van der Waals surface area (Å²) < 4.78 is 32.2. The first-order valence-electron chi connectivity index (χ1n) is 10.9. The van der Waals surface area contributed by atoms with Crippen molar-refractivity contribution in [3.63, 3.8) is 0 Å². The minimum atomic E-state index is -2.24. The van der Waals surface area contributed by atoms with Gasteiger partial charge in [-0.1, -0.05) is 65.1 Å². The van der Waals surface area contributed by atoms with Crippen LogP contribution in [-0.4, -0.2) is 65.2 Å². The average molecular weight is 554 g/mol. The number of hydrogen-bond donors (Lipinski definition) is 2. The molecule has 1 aromatic carbocycles. The average Bonchev–Trinajstić information content (AvgIpc) is 2.80. The maximum Gasteiger partial charge on any atom is 0.303 e. The second kappa shape index (κ2) is 12.5. The normalized spacial score (nSPS) is 29.3. The largest absolute Gasteiger partial charge is 0.453 e. The molecule has 0 saturated carbocycles. The molecule has 3 rings (SSSR count). The van der Waals surface area contributed by atoms with Crippen LogP contribution < -0.4 is 5.73 Å². The molecular weight excluding hydrogens is 527 g/mol. The van der Waals surface area contributed by atoms with E-state index in [1.165, 1.54) is 6.92 Å². The molecule has 2 heterocycles. The van der Waals surface area contributed by atoms with E-state index in [2.05, 4.69) is 0 Å². The maximum atomic E-state index is 12.4. The van der Waals surface area contributed by atoms with Crippen LogP contribution in [0.1, 0.15) is 31.7 Å². The predicted octanol–water partition coefficient (Wildman–Crippen LogP) is 2.99. The number of ether oxygens (including phenoxy) is 6. The third-order valence-electron chi connectivity index (χ3n) is 5.30. The molecule has 2 fully saturated rings. The summed E-state index contributed by atoms with van der Waals surface area (Å²) in [6, 6.07) is 9.17. The lowest BCUT2D eigenvalue weighted by atomic mass is 9.97. The van der Waals surface area contributed by atoms with Crippen molar-refractivity contribution in [1.82, 2.24) is 0 Å². The minimum absolute atomic E-state index is 0.0642. The molecule has 1 amide bonds. The highest BCUT2D eigenvalue weighted by Crippen LogP contribution is 2.34. The van der Waals surface area contributed by atoms with Crippen LogP contribution in [0.3, 0.4) is 0 Å². The van der Waals surface area contributed by atoms with Crippen LogP contribution >= 0.6 is 34.8 Å². The summed E-state index contributed by atoms with van der Waals surface area (Å²) in [5.74, 6) is -2.41. The lowest BCUT2D eigenvalue weighted by Crippen LogP contribution is -2.65. The van der Waals surface area contributed by atoms with Crippen molar-refractivity contribution in [3.05, 3.63) is 35.9 Å². The van der Waals surface area contributed by atoms with Gasteiger partial charge in [0, 0.05) is 13.5 Å². The number of carbonyl (C=O) groups excluding carboxylic acids is 2. The lowest BCUT2D eigenvalue weighted by Gasteiger charge is -2.45. The summed E-state index contributed by atoms with van der Waals surface area (Å²) in [5.41, 5.74) is 6.42. The van der Waals surface area contributed by atoms with E-state index in [0.29, 0.717) is 13.0 Å². The number of halogens is 3. The van der Waals surface area contributed by atoms with E-state index in [9.17, 15) is 9.59 Å². The van der Waals surface area contributed by atoms with Crippen molar-refractivity contribution in [1.29, 1.82) is 5.41 Å². The standard InChI is InChI=1S/C22H27Cl3N2O8/c1-12(28)32-18-15(31-11-13-7-3-2-4-8-13)16(33-14-9-5-6-10-30-14)17(19(26)29)34-20(18)35-21(27)22(23,24)25/h2-4,7-8,14-18,20,27H,5-6,9-11H2,1H3,(H2,26,29)/t14?,15-,16-,17+,18+,20+/m0/s1. The number of amides is 1. The van der Waals surface area contributed by atoms with Gasteiger partial charge in [0.1, 0.15) is 12.2 Å². The minimum Gasteiger partial charge on any atom is -0.453 e. The number of carbonyl (C=O) groups is 2. The summed E-state index contributed by atoms with van der Waals surface area (Å²) in [4.78, 5) is 24.4. The molecule has 0 radical (unpaired) electrons. The summed E-state index contributed by atoms with van der Waals surface area (Å²) in [6.45, 7) is 1.72. The SMILES string of the molecule is CC(=O)O[C@H]1[C@@H](OC(=N)C(Cl)(Cl)Cl)O[C@@H](C(N)=O)[C@@H](OC2CCCCO2)[C@@H]1OCc1ccccc1. The third-order valence-corrected chi connectivity index (χ3v) is 5.82. The molecule has 1 unspecified atom stereocenters. The molecule has 0 aliphatic carbocycles. The molecule has 0 spiro atoms. The Kier molecular flexibility index (Phi) is 10.00.